The van der Waals surface area contributed by atoms with Crippen molar-refractivity contribution >= 4 is 16.8 Å². The smallest absolute Gasteiger partial charge is 0.226 e. The Hall–Kier alpha value is -2.07. The zero-order valence-electron chi connectivity index (χ0n) is 11.2. The summed E-state index contributed by atoms with van der Waals surface area (Å²) in [7, 11) is 1.60. The van der Waals surface area contributed by atoms with Gasteiger partial charge in [-0.05, 0) is 42.8 Å². The van der Waals surface area contributed by atoms with Crippen molar-refractivity contribution in [1.82, 2.24) is 4.57 Å². The Balaban J connectivity index is 2.49. The van der Waals surface area contributed by atoms with Gasteiger partial charge in [0.1, 0.15) is 5.75 Å². The second-order valence-corrected chi connectivity index (χ2v) is 4.83. The Bertz CT molecular complexity index is 689. The Kier molecular flexibility index (Phi) is 4.25. The summed E-state index contributed by atoms with van der Waals surface area (Å²) in [5, 5.41) is -0.549. The molecule has 5 heteroatoms. The number of hydrogen-bond acceptors (Lipinski definition) is 3. The molecule has 0 saturated heterocycles. The third-order valence-electron chi connectivity index (χ3n) is 3.00. The number of nitrogens with zero attached hydrogens (tertiary/aromatic N) is 1. The van der Waals surface area contributed by atoms with Crippen molar-refractivity contribution in [3.8, 4) is 11.4 Å². The van der Waals surface area contributed by atoms with Gasteiger partial charge in [-0.1, -0.05) is 0 Å². The summed E-state index contributed by atoms with van der Waals surface area (Å²) in [4.78, 5) is 22.8. The molecule has 0 unspecified atom stereocenters. The van der Waals surface area contributed by atoms with Crippen LogP contribution in [0.1, 0.15) is 11.3 Å². The summed E-state index contributed by atoms with van der Waals surface area (Å²) in [5.74, 6) is 0.753. The molecule has 0 saturated carbocycles. The first-order chi connectivity index (χ1) is 9.51. The molecule has 1 aromatic heterocycles. The fourth-order valence-corrected chi connectivity index (χ4v) is 2.12. The highest BCUT2D eigenvalue weighted by Crippen LogP contribution is 2.16. The minimum atomic E-state index is -0.549. The van der Waals surface area contributed by atoms with Crippen LogP contribution >= 0.6 is 11.6 Å². The molecule has 0 atom stereocenters. The maximum atomic E-state index is 11.8. The Morgan fingerprint density at radius 1 is 1.30 bits per heavy atom. The SMILES string of the molecule is COc1ccc(-n2cc(CC(=O)Cl)c(=O)cc2C)cc1. The van der Waals surface area contributed by atoms with Crippen LogP contribution < -0.4 is 10.2 Å². The maximum absolute atomic E-state index is 11.8. The lowest BCUT2D eigenvalue weighted by Crippen LogP contribution is -2.15. The van der Waals surface area contributed by atoms with Gasteiger partial charge in [0.25, 0.3) is 0 Å². The number of halogens is 1. The molecule has 0 aliphatic heterocycles. The Morgan fingerprint density at radius 3 is 2.50 bits per heavy atom. The number of aryl methyl sites for hydroxylation is 1. The van der Waals surface area contributed by atoms with Crippen LogP contribution in [0.3, 0.4) is 0 Å². The van der Waals surface area contributed by atoms with E-state index in [1.165, 1.54) is 6.07 Å². The third kappa shape index (κ3) is 3.08. The molecule has 0 radical (unpaired) electrons. The van der Waals surface area contributed by atoms with Crippen LogP contribution in [-0.2, 0) is 11.2 Å². The average Bonchev–Trinajstić information content (AvgIpc) is 2.41. The number of aromatic nitrogens is 1. The lowest BCUT2D eigenvalue weighted by Gasteiger charge is -2.12. The summed E-state index contributed by atoms with van der Waals surface area (Å²) in [6.07, 6.45) is 1.58. The zero-order chi connectivity index (χ0) is 14.7. The van der Waals surface area contributed by atoms with Crippen LogP contribution in [0.5, 0.6) is 5.75 Å². The van der Waals surface area contributed by atoms with Gasteiger partial charge in [-0.3, -0.25) is 9.59 Å². The van der Waals surface area contributed by atoms with E-state index in [2.05, 4.69) is 0 Å². The highest BCUT2D eigenvalue weighted by atomic mass is 35.5. The quantitative estimate of drug-likeness (QED) is 0.813. The normalized spacial score (nSPS) is 10.3. The first-order valence-electron chi connectivity index (χ1n) is 6.06. The molecular formula is C15H14ClNO3. The molecule has 2 rings (SSSR count). The van der Waals surface area contributed by atoms with Gasteiger partial charge in [0, 0.05) is 29.2 Å². The summed E-state index contributed by atoms with van der Waals surface area (Å²) in [6, 6.07) is 8.92. The van der Waals surface area contributed by atoms with Crippen molar-refractivity contribution in [3.05, 3.63) is 58.0 Å². The van der Waals surface area contributed by atoms with E-state index in [1.807, 2.05) is 35.8 Å². The van der Waals surface area contributed by atoms with Crippen LogP contribution in [0.15, 0.2) is 41.3 Å². The number of methoxy groups -OCH3 is 1. The van der Waals surface area contributed by atoms with Crippen molar-refractivity contribution in [3.63, 3.8) is 0 Å². The van der Waals surface area contributed by atoms with Crippen molar-refractivity contribution in [2.75, 3.05) is 7.11 Å². The van der Waals surface area contributed by atoms with Gasteiger partial charge in [0.15, 0.2) is 5.43 Å². The number of benzene rings is 1. The predicted octanol–water partition coefficient (Wildman–Crippen LogP) is 2.46. The molecule has 0 fully saturated rings. The minimum absolute atomic E-state index is 0.0726. The van der Waals surface area contributed by atoms with Crippen LogP contribution in [0.4, 0.5) is 0 Å². The van der Waals surface area contributed by atoms with Gasteiger partial charge in [0.05, 0.1) is 13.5 Å². The average molecular weight is 292 g/mol. The van der Waals surface area contributed by atoms with E-state index in [4.69, 9.17) is 16.3 Å². The van der Waals surface area contributed by atoms with E-state index in [0.29, 0.717) is 5.56 Å². The summed E-state index contributed by atoms with van der Waals surface area (Å²) < 4.78 is 6.95. The molecule has 0 aliphatic rings. The summed E-state index contributed by atoms with van der Waals surface area (Å²) in [6.45, 7) is 1.83. The first-order valence-corrected chi connectivity index (χ1v) is 6.44. The second-order valence-electron chi connectivity index (χ2n) is 4.40. The number of hydrogen-bond donors (Lipinski definition) is 0. The molecule has 1 heterocycles. The number of ether oxygens (including phenoxy) is 1. The molecule has 0 bridgehead atoms. The van der Waals surface area contributed by atoms with Gasteiger partial charge in [-0.15, -0.1) is 0 Å². The van der Waals surface area contributed by atoms with Crippen LogP contribution in [0, 0.1) is 6.92 Å². The van der Waals surface area contributed by atoms with Gasteiger partial charge < -0.3 is 9.30 Å². The van der Waals surface area contributed by atoms with E-state index in [-0.39, 0.29) is 11.8 Å². The number of pyridine rings is 1. The van der Waals surface area contributed by atoms with Crippen molar-refractivity contribution in [2.45, 2.75) is 13.3 Å². The first kappa shape index (κ1) is 14.3. The van der Waals surface area contributed by atoms with E-state index in [1.54, 1.807) is 13.3 Å². The van der Waals surface area contributed by atoms with Gasteiger partial charge >= 0.3 is 0 Å². The fraction of sp³-hybridized carbons (Fsp3) is 0.200. The maximum Gasteiger partial charge on any atom is 0.226 e. The predicted molar refractivity (Wildman–Crippen MR) is 77.9 cm³/mol. The lowest BCUT2D eigenvalue weighted by molar-refractivity contribution is -0.111. The zero-order valence-corrected chi connectivity index (χ0v) is 12.0. The third-order valence-corrected chi connectivity index (χ3v) is 3.14. The molecule has 2 aromatic rings. The largest absolute Gasteiger partial charge is 0.497 e. The highest BCUT2D eigenvalue weighted by Gasteiger charge is 2.08. The van der Waals surface area contributed by atoms with Crippen molar-refractivity contribution in [2.24, 2.45) is 0 Å². The number of carbonyl (C=O) groups is 1. The van der Waals surface area contributed by atoms with E-state index >= 15 is 0 Å². The molecule has 1 aromatic carbocycles. The molecule has 0 aliphatic carbocycles. The molecule has 0 N–H and O–H groups in total. The second kappa shape index (κ2) is 5.92. The molecular weight excluding hydrogens is 278 g/mol. The van der Waals surface area contributed by atoms with Crippen LogP contribution in [-0.4, -0.2) is 16.9 Å². The summed E-state index contributed by atoms with van der Waals surface area (Å²) in [5.41, 5.74) is 1.87. The van der Waals surface area contributed by atoms with Gasteiger partial charge in [-0.25, -0.2) is 0 Å². The Labute approximate surface area is 121 Å². The number of rotatable bonds is 4. The monoisotopic (exact) mass is 291 g/mol. The van der Waals surface area contributed by atoms with Crippen LogP contribution in [0.25, 0.3) is 5.69 Å². The fourth-order valence-electron chi connectivity index (χ4n) is 1.98. The topological polar surface area (TPSA) is 48.3 Å². The number of carbonyl (C=O) groups excluding carboxylic acids is 1. The van der Waals surface area contributed by atoms with Crippen molar-refractivity contribution in [1.29, 1.82) is 0 Å². The molecule has 104 valence electrons. The minimum Gasteiger partial charge on any atom is -0.497 e. The van der Waals surface area contributed by atoms with Crippen LogP contribution in [0.2, 0.25) is 0 Å². The molecule has 0 spiro atoms. The standard InChI is InChI=1S/C15H14ClNO3/c1-10-7-14(18)11(8-15(16)19)9-17(10)12-3-5-13(20-2)6-4-12/h3-7,9H,8H2,1-2H3. The van der Waals surface area contributed by atoms with Gasteiger partial charge in [0.2, 0.25) is 5.24 Å². The van der Waals surface area contributed by atoms with E-state index < -0.39 is 5.24 Å². The molecule has 0 amide bonds. The van der Waals surface area contributed by atoms with Crippen molar-refractivity contribution < 1.29 is 9.53 Å². The Morgan fingerprint density at radius 2 is 1.95 bits per heavy atom. The van der Waals surface area contributed by atoms with E-state index in [0.717, 1.165) is 17.1 Å². The molecule has 4 nitrogen and oxygen atoms in total. The highest BCUT2D eigenvalue weighted by molar-refractivity contribution is 6.63. The lowest BCUT2D eigenvalue weighted by atomic mass is 10.2. The summed E-state index contributed by atoms with van der Waals surface area (Å²) >= 11 is 5.36. The molecule has 20 heavy (non-hydrogen) atoms. The van der Waals surface area contributed by atoms with Gasteiger partial charge in [-0.2, -0.15) is 0 Å². The van der Waals surface area contributed by atoms with E-state index in [9.17, 15) is 9.59 Å².